The molecular weight excluding hydrogens is 334 g/mol. The van der Waals surface area contributed by atoms with Gasteiger partial charge in [-0.05, 0) is 19.3 Å². The van der Waals surface area contributed by atoms with E-state index in [9.17, 15) is 4.79 Å². The summed E-state index contributed by atoms with van der Waals surface area (Å²) in [4.78, 5) is 12.0. The van der Waals surface area contributed by atoms with E-state index in [0.29, 0.717) is 0 Å². The largest absolute Gasteiger partial charge is 0.387 e. The van der Waals surface area contributed by atoms with Crippen molar-refractivity contribution in [2.45, 2.75) is 122 Å². The van der Waals surface area contributed by atoms with Crippen LogP contribution in [0.15, 0.2) is 0 Å². The minimum Gasteiger partial charge on any atom is -0.387 e. The third-order valence-electron chi connectivity index (χ3n) is 6.02. The third kappa shape index (κ3) is 10.8. The predicted molar refractivity (Wildman–Crippen MR) is 116 cm³/mol. The summed E-state index contributed by atoms with van der Waals surface area (Å²) in [5.41, 5.74) is 4.88. The Balaban J connectivity index is 1.75. The van der Waals surface area contributed by atoms with E-state index in [2.05, 4.69) is 12.2 Å². The highest BCUT2D eigenvalue weighted by molar-refractivity contribution is 6.08. The number of hydrogen-bond acceptors (Lipinski definition) is 2. The molecule has 0 saturated heterocycles. The first-order valence-electron chi connectivity index (χ1n) is 11.8. The van der Waals surface area contributed by atoms with E-state index >= 15 is 0 Å². The van der Waals surface area contributed by atoms with Gasteiger partial charge in [0.15, 0.2) is 0 Å². The smallest absolute Gasteiger partial charge is 0.233 e. The van der Waals surface area contributed by atoms with Gasteiger partial charge < -0.3 is 11.1 Å². The Morgan fingerprint density at radius 2 is 1.15 bits per heavy atom. The number of amidine groups is 1. The Morgan fingerprint density at radius 1 is 0.778 bits per heavy atom. The molecule has 4 N–H and O–H groups in total. The molecule has 1 fully saturated rings. The van der Waals surface area contributed by atoms with Crippen LogP contribution in [0.25, 0.3) is 0 Å². The summed E-state index contributed by atoms with van der Waals surface area (Å²) in [5.74, 6) is 0.00272. The van der Waals surface area contributed by atoms with Gasteiger partial charge in [-0.2, -0.15) is 0 Å². The highest BCUT2D eigenvalue weighted by Crippen LogP contribution is 2.45. The highest BCUT2D eigenvalue weighted by Gasteiger charge is 2.52. The molecule has 158 valence electrons. The maximum absolute atomic E-state index is 12.0. The normalized spacial score (nSPS) is 14.9. The summed E-state index contributed by atoms with van der Waals surface area (Å²) in [6, 6.07) is 0. The zero-order chi connectivity index (χ0) is 19.8. The molecule has 0 aromatic carbocycles. The number of amides is 1. The second kappa shape index (κ2) is 14.9. The van der Waals surface area contributed by atoms with Crippen molar-refractivity contribution in [2.75, 3.05) is 6.54 Å². The topological polar surface area (TPSA) is 79.0 Å². The van der Waals surface area contributed by atoms with Crippen molar-refractivity contribution in [3.05, 3.63) is 0 Å². The minimum atomic E-state index is -0.644. The van der Waals surface area contributed by atoms with E-state index in [4.69, 9.17) is 11.1 Å². The molecule has 1 aliphatic rings. The van der Waals surface area contributed by atoms with Gasteiger partial charge in [-0.3, -0.25) is 10.2 Å². The molecule has 0 radical (unpaired) electrons. The molecule has 1 saturated carbocycles. The van der Waals surface area contributed by atoms with Crippen LogP contribution in [0.3, 0.4) is 0 Å². The molecule has 0 spiro atoms. The number of carbonyl (C=O) groups is 1. The van der Waals surface area contributed by atoms with E-state index in [-0.39, 0.29) is 11.7 Å². The lowest BCUT2D eigenvalue weighted by atomic mass is 10.0. The van der Waals surface area contributed by atoms with Crippen LogP contribution in [0.2, 0.25) is 0 Å². The predicted octanol–water partition coefficient (Wildman–Crippen LogP) is 6.08. The quantitative estimate of drug-likeness (QED) is 0.144. The molecule has 1 rings (SSSR count). The van der Waals surface area contributed by atoms with Gasteiger partial charge in [0.1, 0.15) is 11.3 Å². The molecule has 0 unspecified atom stereocenters. The van der Waals surface area contributed by atoms with Gasteiger partial charge in [-0.15, -0.1) is 0 Å². The van der Waals surface area contributed by atoms with Gasteiger partial charge >= 0.3 is 0 Å². The van der Waals surface area contributed by atoms with Crippen LogP contribution in [0.4, 0.5) is 0 Å². The van der Waals surface area contributed by atoms with Crippen LogP contribution in [0.5, 0.6) is 0 Å². The number of rotatable bonds is 19. The van der Waals surface area contributed by atoms with Gasteiger partial charge in [0, 0.05) is 6.54 Å². The van der Waals surface area contributed by atoms with Crippen LogP contribution in [-0.2, 0) is 4.79 Å². The number of hydrogen-bond donors (Lipinski definition) is 3. The van der Waals surface area contributed by atoms with Crippen molar-refractivity contribution in [1.82, 2.24) is 5.32 Å². The summed E-state index contributed by atoms with van der Waals surface area (Å²) >= 11 is 0. The Bertz CT molecular complexity index is 404. The Labute approximate surface area is 167 Å². The Morgan fingerprint density at radius 3 is 1.48 bits per heavy atom. The molecule has 0 atom stereocenters. The van der Waals surface area contributed by atoms with Gasteiger partial charge in [0.05, 0.1) is 0 Å². The van der Waals surface area contributed by atoms with Crippen molar-refractivity contribution in [2.24, 2.45) is 11.1 Å². The lowest BCUT2D eigenvalue weighted by molar-refractivity contribution is -0.124. The zero-order valence-electron chi connectivity index (χ0n) is 17.9. The number of unbranched alkanes of at least 4 members (excludes halogenated alkanes) is 15. The van der Waals surface area contributed by atoms with E-state index in [1.807, 2.05) is 0 Å². The minimum absolute atomic E-state index is 0.0315. The summed E-state index contributed by atoms with van der Waals surface area (Å²) in [6.07, 6.45) is 23.2. The van der Waals surface area contributed by atoms with Gasteiger partial charge in [-0.25, -0.2) is 0 Å². The van der Waals surface area contributed by atoms with Gasteiger partial charge in [-0.1, -0.05) is 103 Å². The molecule has 0 aromatic heterocycles. The van der Waals surface area contributed by atoms with Crippen molar-refractivity contribution in [3.8, 4) is 0 Å². The second-order valence-electron chi connectivity index (χ2n) is 8.55. The van der Waals surface area contributed by atoms with E-state index in [1.54, 1.807) is 0 Å². The van der Waals surface area contributed by atoms with Gasteiger partial charge in [0.25, 0.3) is 0 Å². The number of nitrogens with two attached hydrogens (primary N) is 1. The summed E-state index contributed by atoms with van der Waals surface area (Å²) in [5, 5.41) is 10.5. The van der Waals surface area contributed by atoms with Crippen molar-refractivity contribution in [1.29, 1.82) is 5.41 Å². The SMILES string of the molecule is CCCCCCCCCCCCCCCCCCNC(=O)C1(C(=N)N)CC1. The molecule has 0 heterocycles. The molecule has 4 heteroatoms. The molecule has 0 bridgehead atoms. The first-order valence-corrected chi connectivity index (χ1v) is 11.8. The van der Waals surface area contributed by atoms with E-state index in [1.165, 1.54) is 96.3 Å². The number of nitrogens with one attached hydrogen (secondary N) is 2. The standard InChI is InChI=1S/C23H45N3O/c1-2-3-4-5-6-7-8-9-10-11-12-13-14-15-16-17-20-26-22(27)23(18-19-23)21(24)25/h2-20H2,1H3,(H3,24,25)(H,26,27). The summed E-state index contributed by atoms with van der Waals surface area (Å²) in [7, 11) is 0. The molecule has 4 nitrogen and oxygen atoms in total. The van der Waals surface area contributed by atoms with E-state index in [0.717, 1.165) is 25.8 Å². The Kier molecular flexibility index (Phi) is 13.3. The fraction of sp³-hybridized carbons (Fsp3) is 0.913. The molecule has 1 amide bonds. The molecule has 27 heavy (non-hydrogen) atoms. The second-order valence-corrected chi connectivity index (χ2v) is 8.55. The van der Waals surface area contributed by atoms with Gasteiger partial charge in [0.2, 0.25) is 5.91 Å². The lowest BCUT2D eigenvalue weighted by Gasteiger charge is -2.13. The van der Waals surface area contributed by atoms with Crippen LogP contribution in [0.1, 0.15) is 122 Å². The van der Waals surface area contributed by atoms with Crippen LogP contribution < -0.4 is 11.1 Å². The first-order chi connectivity index (χ1) is 13.1. The van der Waals surface area contributed by atoms with Crippen molar-refractivity contribution >= 4 is 11.7 Å². The fourth-order valence-corrected chi connectivity index (χ4v) is 3.79. The van der Waals surface area contributed by atoms with Crippen LogP contribution in [-0.4, -0.2) is 18.3 Å². The van der Waals surface area contributed by atoms with Crippen molar-refractivity contribution < 1.29 is 4.79 Å². The molecule has 0 aliphatic heterocycles. The summed E-state index contributed by atoms with van der Waals surface area (Å²) in [6.45, 7) is 3.01. The maximum atomic E-state index is 12.0. The Hall–Kier alpha value is -1.06. The first kappa shape index (κ1) is 24.0. The monoisotopic (exact) mass is 379 g/mol. The average Bonchev–Trinajstić information content (AvgIpc) is 3.46. The van der Waals surface area contributed by atoms with Crippen molar-refractivity contribution in [3.63, 3.8) is 0 Å². The molecule has 0 aromatic rings. The lowest BCUT2D eigenvalue weighted by Crippen LogP contribution is -2.40. The number of carbonyl (C=O) groups excluding carboxylic acids is 1. The van der Waals surface area contributed by atoms with E-state index < -0.39 is 5.41 Å². The maximum Gasteiger partial charge on any atom is 0.233 e. The van der Waals surface area contributed by atoms with Crippen LogP contribution in [0, 0.1) is 10.8 Å². The summed E-state index contributed by atoms with van der Waals surface area (Å²) < 4.78 is 0. The fourth-order valence-electron chi connectivity index (χ4n) is 3.79. The van der Waals surface area contributed by atoms with Crippen LogP contribution >= 0.6 is 0 Å². The molecular formula is C23H45N3O. The highest BCUT2D eigenvalue weighted by atomic mass is 16.2. The third-order valence-corrected chi connectivity index (χ3v) is 6.02. The average molecular weight is 380 g/mol. The zero-order valence-corrected chi connectivity index (χ0v) is 17.9. The molecule has 1 aliphatic carbocycles.